The number of hydrogen-bond acceptors (Lipinski definition) is 9. The standard InChI is InChI=1S/C29H34N6O7/c1-2-34(16-17-35-26(37)14-15-27(35)38)23-12-10-22(11-13-23)33-32-21-8-6-20(7-9-21)31-25(36)5-3-4-19(28(39)40)18-24(30)29(41)42/h6-15,19,24H,2-5,16-18,30H2,1H3,(H,31,36)(H,39,40)(H,41,42). The van der Waals surface area contributed by atoms with E-state index in [4.69, 9.17) is 10.8 Å². The molecular weight excluding hydrogens is 544 g/mol. The SMILES string of the molecule is CCN(CCN1C(=O)C=CC1=O)c1ccc(N=Nc2ccc(NC(=O)CCCC(CC(N)C(=O)O)C(=O)O)cc2)cc1. The van der Waals surface area contributed by atoms with Crippen LogP contribution in [0.5, 0.6) is 0 Å². The van der Waals surface area contributed by atoms with Gasteiger partial charge >= 0.3 is 11.9 Å². The Kier molecular flexibility index (Phi) is 11.4. The summed E-state index contributed by atoms with van der Waals surface area (Å²) in [5.74, 6) is -4.24. The molecule has 42 heavy (non-hydrogen) atoms. The van der Waals surface area contributed by atoms with Crippen LogP contribution in [0.15, 0.2) is 70.9 Å². The molecule has 2 atom stereocenters. The summed E-state index contributed by atoms with van der Waals surface area (Å²) in [5, 5.41) is 29.4. The van der Waals surface area contributed by atoms with Crippen LogP contribution in [0, 0.1) is 5.92 Å². The molecular formula is C29H34N6O7. The number of azo groups is 1. The van der Waals surface area contributed by atoms with Crippen LogP contribution in [0.2, 0.25) is 0 Å². The summed E-state index contributed by atoms with van der Waals surface area (Å²) >= 11 is 0. The molecule has 2 aromatic carbocycles. The van der Waals surface area contributed by atoms with Gasteiger partial charge in [-0.1, -0.05) is 0 Å². The van der Waals surface area contributed by atoms with E-state index in [9.17, 15) is 29.1 Å². The number of hydrogen-bond donors (Lipinski definition) is 4. The molecule has 0 saturated carbocycles. The monoisotopic (exact) mass is 578 g/mol. The summed E-state index contributed by atoms with van der Waals surface area (Å²) in [4.78, 5) is 61.3. The Morgan fingerprint density at radius 1 is 0.929 bits per heavy atom. The Balaban J connectivity index is 1.46. The van der Waals surface area contributed by atoms with Gasteiger partial charge in [0.25, 0.3) is 11.8 Å². The second kappa shape index (κ2) is 15.2. The molecule has 0 radical (unpaired) electrons. The summed E-state index contributed by atoms with van der Waals surface area (Å²) in [6.45, 7) is 3.48. The normalized spacial score (nSPS) is 14.3. The van der Waals surface area contributed by atoms with Crippen molar-refractivity contribution in [2.75, 3.05) is 29.9 Å². The number of carbonyl (C=O) groups is 5. The number of carbonyl (C=O) groups excluding carboxylic acids is 3. The van der Waals surface area contributed by atoms with Gasteiger partial charge in [-0.15, -0.1) is 0 Å². The number of carboxylic acids is 2. The third kappa shape index (κ3) is 9.34. The number of anilines is 2. The predicted molar refractivity (Wildman–Crippen MR) is 155 cm³/mol. The van der Waals surface area contributed by atoms with Crippen LogP contribution in [0.4, 0.5) is 22.7 Å². The summed E-state index contributed by atoms with van der Waals surface area (Å²) in [6, 6.07) is 12.9. The van der Waals surface area contributed by atoms with Gasteiger partial charge < -0.3 is 26.2 Å². The van der Waals surface area contributed by atoms with Crippen molar-refractivity contribution in [3.63, 3.8) is 0 Å². The van der Waals surface area contributed by atoms with Crippen molar-refractivity contribution in [3.8, 4) is 0 Å². The number of imide groups is 1. The minimum absolute atomic E-state index is 0.0741. The van der Waals surface area contributed by atoms with Crippen LogP contribution >= 0.6 is 0 Å². The molecule has 2 aromatic rings. The van der Waals surface area contributed by atoms with Crippen molar-refractivity contribution in [1.82, 2.24) is 4.90 Å². The van der Waals surface area contributed by atoms with E-state index in [0.717, 1.165) is 5.69 Å². The van der Waals surface area contributed by atoms with Gasteiger partial charge in [-0.25, -0.2) is 0 Å². The molecule has 13 heteroatoms. The smallest absolute Gasteiger partial charge is 0.320 e. The number of likely N-dealkylation sites (N-methyl/N-ethyl adjacent to an activating group) is 1. The van der Waals surface area contributed by atoms with E-state index in [1.807, 2.05) is 36.1 Å². The Morgan fingerprint density at radius 2 is 1.50 bits per heavy atom. The highest BCUT2D eigenvalue weighted by Gasteiger charge is 2.25. The summed E-state index contributed by atoms with van der Waals surface area (Å²) in [5.41, 5.74) is 8.10. The first-order valence-electron chi connectivity index (χ1n) is 13.5. The van der Waals surface area contributed by atoms with E-state index in [1.165, 1.54) is 17.1 Å². The molecule has 1 aliphatic rings. The number of nitrogens with two attached hydrogens (primary N) is 1. The molecule has 0 bridgehead atoms. The average molecular weight is 579 g/mol. The van der Waals surface area contributed by atoms with Gasteiger partial charge in [-0.2, -0.15) is 10.2 Å². The Hall–Kier alpha value is -4.91. The van der Waals surface area contributed by atoms with E-state index in [1.54, 1.807) is 24.3 Å². The minimum atomic E-state index is -1.27. The van der Waals surface area contributed by atoms with Gasteiger partial charge in [-0.05, 0) is 74.7 Å². The maximum atomic E-state index is 12.3. The van der Waals surface area contributed by atoms with Crippen molar-refractivity contribution >= 4 is 52.4 Å². The largest absolute Gasteiger partial charge is 0.481 e. The summed E-state index contributed by atoms with van der Waals surface area (Å²) < 4.78 is 0. The second-order valence-corrected chi connectivity index (χ2v) is 9.66. The summed E-state index contributed by atoms with van der Waals surface area (Å²) in [6.07, 6.45) is 2.83. The molecule has 13 nitrogen and oxygen atoms in total. The molecule has 0 fully saturated rings. The second-order valence-electron chi connectivity index (χ2n) is 9.66. The fourth-order valence-electron chi connectivity index (χ4n) is 4.28. The number of aliphatic carboxylic acids is 2. The van der Waals surface area contributed by atoms with Crippen LogP contribution in [0.25, 0.3) is 0 Å². The van der Waals surface area contributed by atoms with Crippen LogP contribution < -0.4 is 16.0 Å². The van der Waals surface area contributed by atoms with Gasteiger partial charge in [0.1, 0.15) is 6.04 Å². The van der Waals surface area contributed by atoms with Crippen molar-refractivity contribution in [3.05, 3.63) is 60.7 Å². The minimum Gasteiger partial charge on any atom is -0.481 e. The molecule has 3 amide bonds. The van der Waals surface area contributed by atoms with Crippen molar-refractivity contribution in [2.24, 2.45) is 21.9 Å². The molecule has 222 valence electrons. The van der Waals surface area contributed by atoms with Crippen LogP contribution in [0.3, 0.4) is 0 Å². The van der Waals surface area contributed by atoms with Gasteiger partial charge in [0, 0.05) is 49.6 Å². The van der Waals surface area contributed by atoms with Gasteiger partial charge in [-0.3, -0.25) is 28.9 Å². The molecule has 0 aliphatic carbocycles. The van der Waals surface area contributed by atoms with Crippen LogP contribution in [-0.2, 0) is 24.0 Å². The zero-order chi connectivity index (χ0) is 30.6. The van der Waals surface area contributed by atoms with Crippen LogP contribution in [-0.4, -0.2) is 70.4 Å². The summed E-state index contributed by atoms with van der Waals surface area (Å²) in [7, 11) is 0. The fourth-order valence-corrected chi connectivity index (χ4v) is 4.28. The Bertz CT molecular complexity index is 1320. The van der Waals surface area contributed by atoms with Crippen molar-refractivity contribution in [1.29, 1.82) is 0 Å². The first-order valence-corrected chi connectivity index (χ1v) is 13.5. The number of benzene rings is 2. The van der Waals surface area contributed by atoms with Gasteiger partial charge in [0.15, 0.2) is 0 Å². The first-order chi connectivity index (χ1) is 20.1. The van der Waals surface area contributed by atoms with E-state index >= 15 is 0 Å². The predicted octanol–water partition coefficient (Wildman–Crippen LogP) is 3.46. The molecule has 5 N–H and O–H groups in total. The lowest BCUT2D eigenvalue weighted by Crippen LogP contribution is -2.38. The Labute approximate surface area is 242 Å². The van der Waals surface area contributed by atoms with Crippen molar-refractivity contribution < 1.29 is 34.2 Å². The van der Waals surface area contributed by atoms with E-state index in [2.05, 4.69) is 15.5 Å². The van der Waals surface area contributed by atoms with E-state index in [0.29, 0.717) is 36.7 Å². The number of nitrogens with zero attached hydrogens (tertiary/aromatic N) is 4. The topological polar surface area (TPSA) is 195 Å². The number of nitrogens with one attached hydrogen (secondary N) is 1. The number of amides is 3. The Morgan fingerprint density at radius 3 is 2.02 bits per heavy atom. The first kappa shape index (κ1) is 31.6. The highest BCUT2D eigenvalue weighted by molar-refractivity contribution is 6.12. The lowest BCUT2D eigenvalue weighted by atomic mass is 9.94. The zero-order valence-corrected chi connectivity index (χ0v) is 23.2. The quantitative estimate of drug-likeness (QED) is 0.170. The molecule has 0 saturated heterocycles. The fraction of sp³-hybridized carbons (Fsp3) is 0.345. The zero-order valence-electron chi connectivity index (χ0n) is 23.2. The number of rotatable bonds is 16. The molecule has 2 unspecified atom stereocenters. The lowest BCUT2D eigenvalue weighted by molar-refractivity contribution is -0.144. The highest BCUT2D eigenvalue weighted by atomic mass is 16.4. The molecule has 1 aliphatic heterocycles. The number of carboxylic acid groups (broad SMARTS) is 2. The maximum Gasteiger partial charge on any atom is 0.320 e. The lowest BCUT2D eigenvalue weighted by Gasteiger charge is -2.25. The molecule has 0 spiro atoms. The van der Waals surface area contributed by atoms with E-state index in [-0.39, 0.29) is 43.4 Å². The van der Waals surface area contributed by atoms with Crippen molar-refractivity contribution in [2.45, 2.75) is 38.6 Å². The molecule has 3 rings (SSSR count). The molecule has 1 heterocycles. The maximum absolute atomic E-state index is 12.3. The third-order valence-electron chi connectivity index (χ3n) is 6.68. The van der Waals surface area contributed by atoms with Crippen LogP contribution in [0.1, 0.15) is 32.6 Å². The molecule has 0 aromatic heterocycles. The van der Waals surface area contributed by atoms with Gasteiger partial charge in [0.05, 0.1) is 17.3 Å². The highest BCUT2D eigenvalue weighted by Crippen LogP contribution is 2.24. The van der Waals surface area contributed by atoms with Gasteiger partial charge in [0.2, 0.25) is 5.91 Å². The third-order valence-corrected chi connectivity index (χ3v) is 6.68. The average Bonchev–Trinajstić information content (AvgIpc) is 3.29. The van der Waals surface area contributed by atoms with E-state index < -0.39 is 23.9 Å².